The molecule has 1 amide bonds. The van der Waals surface area contributed by atoms with Crippen molar-refractivity contribution >= 4 is 5.91 Å². The molecule has 88 valence electrons. The molecule has 0 aromatic rings. The summed E-state index contributed by atoms with van der Waals surface area (Å²) < 4.78 is 0. The van der Waals surface area contributed by atoms with Crippen LogP contribution in [0.15, 0.2) is 0 Å². The number of rotatable bonds is 4. The van der Waals surface area contributed by atoms with Gasteiger partial charge in [0, 0.05) is 12.6 Å². The third-order valence-corrected chi connectivity index (χ3v) is 3.67. The first-order valence-electron chi connectivity index (χ1n) is 6.17. The number of carbonyl (C=O) groups is 1. The molecule has 3 atom stereocenters. The maximum atomic E-state index is 12.1. The lowest BCUT2D eigenvalue weighted by atomic mass is 9.98. The van der Waals surface area contributed by atoms with Crippen LogP contribution < -0.4 is 5.73 Å². The van der Waals surface area contributed by atoms with E-state index in [9.17, 15) is 4.79 Å². The highest BCUT2D eigenvalue weighted by Gasteiger charge is 2.32. The van der Waals surface area contributed by atoms with Crippen molar-refractivity contribution in [3.8, 4) is 0 Å². The molecule has 0 aromatic carbocycles. The first-order chi connectivity index (χ1) is 7.11. The van der Waals surface area contributed by atoms with E-state index in [2.05, 4.69) is 20.8 Å². The van der Waals surface area contributed by atoms with E-state index in [0.29, 0.717) is 6.04 Å². The van der Waals surface area contributed by atoms with Crippen LogP contribution in [0.3, 0.4) is 0 Å². The fourth-order valence-electron chi connectivity index (χ4n) is 2.24. The van der Waals surface area contributed by atoms with Gasteiger partial charge in [0.15, 0.2) is 0 Å². The average molecular weight is 212 g/mol. The van der Waals surface area contributed by atoms with Gasteiger partial charge >= 0.3 is 0 Å². The predicted molar refractivity (Wildman–Crippen MR) is 62.5 cm³/mol. The molecule has 0 radical (unpaired) electrons. The number of hydrogen-bond donors (Lipinski definition) is 1. The van der Waals surface area contributed by atoms with Gasteiger partial charge in [-0.05, 0) is 25.2 Å². The third-order valence-electron chi connectivity index (χ3n) is 3.67. The molecule has 2 N–H and O–H groups in total. The van der Waals surface area contributed by atoms with E-state index < -0.39 is 0 Å². The van der Waals surface area contributed by atoms with E-state index in [1.165, 1.54) is 0 Å². The van der Waals surface area contributed by atoms with E-state index in [1.807, 2.05) is 4.90 Å². The van der Waals surface area contributed by atoms with Crippen LogP contribution >= 0.6 is 0 Å². The molecular weight excluding hydrogens is 188 g/mol. The van der Waals surface area contributed by atoms with E-state index in [-0.39, 0.29) is 17.9 Å². The maximum absolute atomic E-state index is 12.1. The summed E-state index contributed by atoms with van der Waals surface area (Å²) in [6.45, 7) is 7.19. The Balaban J connectivity index is 2.59. The summed E-state index contributed by atoms with van der Waals surface area (Å²) in [7, 11) is 0. The van der Waals surface area contributed by atoms with Crippen molar-refractivity contribution in [2.75, 3.05) is 6.54 Å². The minimum absolute atomic E-state index is 0.161. The molecule has 3 nitrogen and oxygen atoms in total. The molecule has 1 fully saturated rings. The number of likely N-dealkylation sites (tertiary alicyclic amines) is 1. The van der Waals surface area contributed by atoms with Gasteiger partial charge in [-0.2, -0.15) is 0 Å². The van der Waals surface area contributed by atoms with Crippen molar-refractivity contribution in [2.45, 2.75) is 58.5 Å². The van der Waals surface area contributed by atoms with Crippen LogP contribution in [0.5, 0.6) is 0 Å². The normalized spacial score (nSPS) is 25.3. The molecule has 1 aliphatic rings. The summed E-state index contributed by atoms with van der Waals surface area (Å²) in [6, 6.07) is 0.134. The maximum Gasteiger partial charge on any atom is 0.240 e. The first-order valence-corrected chi connectivity index (χ1v) is 6.17. The minimum Gasteiger partial charge on any atom is -0.338 e. The Hall–Kier alpha value is -0.570. The van der Waals surface area contributed by atoms with Crippen LogP contribution in [0.1, 0.15) is 46.5 Å². The Morgan fingerprint density at radius 2 is 2.20 bits per heavy atom. The lowest BCUT2D eigenvalue weighted by molar-refractivity contribution is -0.134. The smallest absolute Gasteiger partial charge is 0.240 e. The first kappa shape index (κ1) is 12.5. The summed E-state index contributed by atoms with van der Waals surface area (Å²) >= 11 is 0. The molecule has 1 saturated heterocycles. The monoisotopic (exact) mass is 212 g/mol. The summed E-state index contributed by atoms with van der Waals surface area (Å²) in [5, 5.41) is 0. The largest absolute Gasteiger partial charge is 0.338 e. The molecule has 0 spiro atoms. The zero-order valence-electron chi connectivity index (χ0n) is 10.2. The average Bonchev–Trinajstić information content (AvgIpc) is 2.73. The Bertz CT molecular complexity index is 218. The molecular formula is C12H24N2O. The number of amides is 1. The van der Waals surface area contributed by atoms with E-state index in [1.54, 1.807) is 0 Å². The molecule has 1 heterocycles. The minimum atomic E-state index is -0.304. The lowest BCUT2D eigenvalue weighted by Gasteiger charge is -2.28. The molecule has 3 heteroatoms. The summed E-state index contributed by atoms with van der Waals surface area (Å²) in [6.07, 6.45) is 4.31. The molecule has 1 aliphatic heterocycles. The second-order valence-corrected chi connectivity index (χ2v) is 4.65. The lowest BCUT2D eigenvalue weighted by Crippen LogP contribution is -2.48. The standard InChI is InChI=1S/C12H24N2O/c1-4-9(3)11(13)12(15)14-8-6-7-10(14)5-2/h9-11H,4-8,13H2,1-3H3/t9-,10?,11-/m0/s1. The SMILES string of the molecule is CCC1CCCN1C(=O)[C@@H](N)[C@@H](C)CC. The van der Waals surface area contributed by atoms with Gasteiger partial charge in [-0.25, -0.2) is 0 Å². The van der Waals surface area contributed by atoms with Gasteiger partial charge in [-0.15, -0.1) is 0 Å². The van der Waals surface area contributed by atoms with Crippen molar-refractivity contribution < 1.29 is 4.79 Å². The summed E-state index contributed by atoms with van der Waals surface area (Å²) in [4.78, 5) is 14.1. The number of nitrogens with zero attached hydrogens (tertiary/aromatic N) is 1. The van der Waals surface area contributed by atoms with E-state index in [4.69, 9.17) is 5.73 Å². The second-order valence-electron chi connectivity index (χ2n) is 4.65. The highest BCUT2D eigenvalue weighted by atomic mass is 16.2. The van der Waals surface area contributed by atoms with E-state index >= 15 is 0 Å². The van der Waals surface area contributed by atoms with Gasteiger partial charge in [0.05, 0.1) is 6.04 Å². The van der Waals surface area contributed by atoms with Crippen LogP contribution in [0.2, 0.25) is 0 Å². The van der Waals surface area contributed by atoms with Gasteiger partial charge in [0.2, 0.25) is 5.91 Å². The number of nitrogens with two attached hydrogens (primary N) is 1. The molecule has 0 aliphatic carbocycles. The molecule has 1 unspecified atom stereocenters. The van der Waals surface area contributed by atoms with Crippen LogP contribution in [0, 0.1) is 5.92 Å². The van der Waals surface area contributed by atoms with Gasteiger partial charge in [0.25, 0.3) is 0 Å². The third kappa shape index (κ3) is 2.71. The van der Waals surface area contributed by atoms with Crippen molar-refractivity contribution in [3.63, 3.8) is 0 Å². The van der Waals surface area contributed by atoms with Crippen LogP contribution in [-0.2, 0) is 4.79 Å². The van der Waals surface area contributed by atoms with Crippen LogP contribution in [0.25, 0.3) is 0 Å². The fraction of sp³-hybridized carbons (Fsp3) is 0.917. The van der Waals surface area contributed by atoms with Crippen molar-refractivity contribution in [2.24, 2.45) is 11.7 Å². The predicted octanol–water partition coefficient (Wildman–Crippen LogP) is 1.76. The number of hydrogen-bond acceptors (Lipinski definition) is 2. The Morgan fingerprint density at radius 1 is 1.53 bits per heavy atom. The molecule has 1 rings (SSSR count). The van der Waals surface area contributed by atoms with Crippen LogP contribution in [0.4, 0.5) is 0 Å². The Kier molecular flexibility index (Phi) is 4.58. The van der Waals surface area contributed by atoms with Gasteiger partial charge in [-0.1, -0.05) is 27.2 Å². The van der Waals surface area contributed by atoms with E-state index in [0.717, 1.165) is 32.2 Å². The topological polar surface area (TPSA) is 46.3 Å². The summed E-state index contributed by atoms with van der Waals surface area (Å²) in [5.74, 6) is 0.448. The highest BCUT2D eigenvalue weighted by molar-refractivity contribution is 5.82. The quantitative estimate of drug-likeness (QED) is 0.772. The second kappa shape index (κ2) is 5.50. The molecule has 0 aromatic heterocycles. The Morgan fingerprint density at radius 3 is 2.73 bits per heavy atom. The Labute approximate surface area is 93.0 Å². The number of carbonyl (C=O) groups excluding carboxylic acids is 1. The van der Waals surface area contributed by atoms with Crippen LogP contribution in [-0.4, -0.2) is 29.4 Å². The van der Waals surface area contributed by atoms with Gasteiger partial charge in [0.1, 0.15) is 0 Å². The molecule has 15 heavy (non-hydrogen) atoms. The van der Waals surface area contributed by atoms with Crippen molar-refractivity contribution in [1.29, 1.82) is 0 Å². The summed E-state index contributed by atoms with van der Waals surface area (Å²) in [5.41, 5.74) is 5.98. The van der Waals surface area contributed by atoms with Gasteiger partial charge < -0.3 is 10.6 Å². The zero-order chi connectivity index (χ0) is 11.4. The fourth-order valence-corrected chi connectivity index (χ4v) is 2.24. The van der Waals surface area contributed by atoms with Crippen molar-refractivity contribution in [1.82, 2.24) is 4.90 Å². The van der Waals surface area contributed by atoms with Crippen molar-refractivity contribution in [3.05, 3.63) is 0 Å². The molecule has 0 saturated carbocycles. The highest BCUT2D eigenvalue weighted by Crippen LogP contribution is 2.22. The van der Waals surface area contributed by atoms with Gasteiger partial charge in [-0.3, -0.25) is 4.79 Å². The molecule has 0 bridgehead atoms. The zero-order valence-corrected chi connectivity index (χ0v) is 10.2.